The molecule has 0 radical (unpaired) electrons. The lowest BCUT2D eigenvalue weighted by Crippen LogP contribution is -2.30. The van der Waals surface area contributed by atoms with E-state index in [1.165, 1.54) is 6.42 Å². The van der Waals surface area contributed by atoms with Gasteiger partial charge in [0.2, 0.25) is 11.8 Å². The van der Waals surface area contributed by atoms with Crippen LogP contribution >= 0.6 is 0 Å². The van der Waals surface area contributed by atoms with Crippen molar-refractivity contribution in [2.24, 2.45) is 0 Å². The highest BCUT2D eigenvalue weighted by atomic mass is 16.5. The van der Waals surface area contributed by atoms with Gasteiger partial charge in [-0.2, -0.15) is 0 Å². The molecular weight excluding hydrogens is 322 g/mol. The Morgan fingerprint density at radius 3 is 2.76 bits per heavy atom. The lowest BCUT2D eigenvalue weighted by molar-refractivity contribution is -0.125. The average Bonchev–Trinajstić information content (AvgIpc) is 2.93. The summed E-state index contributed by atoms with van der Waals surface area (Å²) < 4.78 is 5.67. The van der Waals surface area contributed by atoms with Crippen molar-refractivity contribution in [1.29, 1.82) is 0 Å². The first-order valence-corrected chi connectivity index (χ1v) is 8.70. The van der Waals surface area contributed by atoms with E-state index in [2.05, 4.69) is 10.6 Å². The van der Waals surface area contributed by atoms with Crippen LogP contribution in [0.3, 0.4) is 0 Å². The van der Waals surface area contributed by atoms with Crippen molar-refractivity contribution < 1.29 is 19.1 Å². The predicted molar refractivity (Wildman–Crippen MR) is 91.8 cm³/mol. The number of carbonyl (C=O) groups excluding carboxylic acids is 3. The second-order valence-electron chi connectivity index (χ2n) is 6.46. The first-order chi connectivity index (χ1) is 12.1. The second-order valence-corrected chi connectivity index (χ2v) is 6.46. The molecule has 0 aromatic heterocycles. The Hall–Kier alpha value is -2.41. The van der Waals surface area contributed by atoms with Gasteiger partial charge in [0.1, 0.15) is 6.61 Å². The van der Waals surface area contributed by atoms with Gasteiger partial charge in [0.15, 0.2) is 0 Å². The van der Waals surface area contributed by atoms with Gasteiger partial charge in [-0.05, 0) is 30.5 Å². The summed E-state index contributed by atoms with van der Waals surface area (Å²) in [7, 11) is 0. The maximum atomic E-state index is 12.1. The lowest BCUT2D eigenvalue weighted by Gasteiger charge is -2.21. The van der Waals surface area contributed by atoms with Crippen LogP contribution in [0.1, 0.15) is 37.7 Å². The van der Waals surface area contributed by atoms with E-state index in [1.807, 2.05) is 6.07 Å². The summed E-state index contributed by atoms with van der Waals surface area (Å²) >= 11 is 0. The van der Waals surface area contributed by atoms with Gasteiger partial charge in [0.05, 0.1) is 19.2 Å². The topological polar surface area (TPSA) is 87.7 Å². The molecule has 2 fully saturated rings. The number of anilines is 1. The highest BCUT2D eigenvalue weighted by Crippen LogP contribution is 2.20. The fourth-order valence-electron chi connectivity index (χ4n) is 3.17. The minimum Gasteiger partial charge on any atom is -0.368 e. The number of rotatable bonds is 6. The summed E-state index contributed by atoms with van der Waals surface area (Å²) in [6, 6.07) is 6.74. The summed E-state index contributed by atoms with van der Waals surface area (Å²) in [6.45, 7) is 0.266. The third kappa shape index (κ3) is 4.79. The van der Waals surface area contributed by atoms with Crippen LogP contribution in [-0.4, -0.2) is 42.0 Å². The summed E-state index contributed by atoms with van der Waals surface area (Å²) in [6.07, 6.45) is 5.80. The minimum atomic E-state index is -0.389. The number of hydrogen-bond acceptors (Lipinski definition) is 4. The van der Waals surface area contributed by atoms with Gasteiger partial charge in [0, 0.05) is 5.69 Å². The minimum absolute atomic E-state index is 0.0355. The Bertz CT molecular complexity index is 639. The van der Waals surface area contributed by atoms with Gasteiger partial charge in [0.25, 0.3) is 0 Å². The Kier molecular flexibility index (Phi) is 5.65. The average molecular weight is 345 g/mol. The number of imide groups is 1. The maximum Gasteiger partial charge on any atom is 0.324 e. The van der Waals surface area contributed by atoms with E-state index >= 15 is 0 Å². The Labute approximate surface area is 146 Å². The number of nitrogens with one attached hydrogen (secondary N) is 2. The Morgan fingerprint density at radius 2 is 2.04 bits per heavy atom. The molecule has 1 aliphatic carbocycles. The van der Waals surface area contributed by atoms with Crippen molar-refractivity contribution in [1.82, 2.24) is 10.2 Å². The molecule has 134 valence electrons. The fraction of sp³-hybridized carbons (Fsp3) is 0.500. The van der Waals surface area contributed by atoms with Gasteiger partial charge < -0.3 is 15.4 Å². The molecule has 4 amide bonds. The Morgan fingerprint density at radius 1 is 1.24 bits per heavy atom. The van der Waals surface area contributed by atoms with E-state index in [0.29, 0.717) is 5.69 Å². The molecule has 0 atom stereocenters. The van der Waals surface area contributed by atoms with Gasteiger partial charge in [-0.25, -0.2) is 4.79 Å². The zero-order valence-electron chi connectivity index (χ0n) is 14.1. The molecular formula is C18H23N3O4. The highest BCUT2D eigenvalue weighted by Gasteiger charge is 2.28. The zero-order chi connectivity index (χ0) is 17.6. The van der Waals surface area contributed by atoms with Crippen LogP contribution in [0.2, 0.25) is 0 Å². The summed E-state index contributed by atoms with van der Waals surface area (Å²) in [5.41, 5.74) is 1.40. The van der Waals surface area contributed by atoms with Crippen molar-refractivity contribution in [3.05, 3.63) is 29.8 Å². The first-order valence-electron chi connectivity index (χ1n) is 8.70. The standard InChI is InChI=1S/C18H23N3O4/c22-16(12-25-15-7-2-1-3-8-15)20-14-6-4-5-13(9-14)11-21-17(23)10-19-18(21)24/h4-6,9,15H,1-3,7-8,10-12H2,(H,19,24)(H,20,22). The molecule has 0 bridgehead atoms. The third-order valence-corrected chi connectivity index (χ3v) is 4.49. The lowest BCUT2D eigenvalue weighted by atomic mass is 9.98. The molecule has 7 nitrogen and oxygen atoms in total. The smallest absolute Gasteiger partial charge is 0.324 e. The maximum absolute atomic E-state index is 12.1. The van der Waals surface area contributed by atoms with Crippen molar-refractivity contribution >= 4 is 23.5 Å². The molecule has 1 heterocycles. The van der Waals surface area contributed by atoms with E-state index < -0.39 is 0 Å². The van der Waals surface area contributed by atoms with E-state index in [-0.39, 0.29) is 43.6 Å². The number of carbonyl (C=O) groups is 3. The second kappa shape index (κ2) is 8.11. The molecule has 1 aromatic rings. The molecule has 1 saturated heterocycles. The van der Waals surface area contributed by atoms with Gasteiger partial charge >= 0.3 is 6.03 Å². The predicted octanol–water partition coefficient (Wildman–Crippen LogP) is 2.03. The quantitative estimate of drug-likeness (QED) is 0.772. The monoisotopic (exact) mass is 345 g/mol. The molecule has 25 heavy (non-hydrogen) atoms. The van der Waals surface area contributed by atoms with E-state index in [0.717, 1.165) is 36.1 Å². The van der Waals surface area contributed by atoms with Crippen molar-refractivity contribution in [3.8, 4) is 0 Å². The summed E-state index contributed by atoms with van der Waals surface area (Å²) in [4.78, 5) is 36.4. The van der Waals surface area contributed by atoms with Crippen LogP contribution in [0.4, 0.5) is 10.5 Å². The van der Waals surface area contributed by atoms with Crippen molar-refractivity contribution in [2.45, 2.75) is 44.8 Å². The molecule has 0 unspecified atom stereocenters. The van der Waals surface area contributed by atoms with Crippen LogP contribution in [0.25, 0.3) is 0 Å². The highest BCUT2D eigenvalue weighted by molar-refractivity contribution is 6.01. The molecule has 1 aliphatic heterocycles. The number of benzene rings is 1. The number of ether oxygens (including phenoxy) is 1. The van der Waals surface area contributed by atoms with E-state index in [9.17, 15) is 14.4 Å². The zero-order valence-corrected chi connectivity index (χ0v) is 14.1. The molecule has 2 N–H and O–H groups in total. The van der Waals surface area contributed by atoms with Crippen LogP contribution in [0.15, 0.2) is 24.3 Å². The van der Waals surface area contributed by atoms with Gasteiger partial charge in [-0.3, -0.25) is 14.5 Å². The normalized spacial score (nSPS) is 18.3. The molecule has 0 spiro atoms. The van der Waals surface area contributed by atoms with Gasteiger partial charge in [-0.1, -0.05) is 31.4 Å². The molecule has 1 saturated carbocycles. The SMILES string of the molecule is O=C(COC1CCCCC1)Nc1cccc(CN2C(=O)CNC2=O)c1. The van der Waals surface area contributed by atoms with Crippen LogP contribution < -0.4 is 10.6 Å². The fourth-order valence-corrected chi connectivity index (χ4v) is 3.17. The summed E-state index contributed by atoms with van der Waals surface area (Å²) in [5, 5.41) is 5.29. The van der Waals surface area contributed by atoms with Crippen LogP contribution in [-0.2, 0) is 20.9 Å². The van der Waals surface area contributed by atoms with Crippen molar-refractivity contribution in [3.63, 3.8) is 0 Å². The molecule has 7 heteroatoms. The molecule has 2 aliphatic rings. The van der Waals surface area contributed by atoms with Gasteiger partial charge in [-0.15, -0.1) is 0 Å². The van der Waals surface area contributed by atoms with Crippen LogP contribution in [0, 0.1) is 0 Å². The van der Waals surface area contributed by atoms with E-state index in [1.54, 1.807) is 18.2 Å². The van der Waals surface area contributed by atoms with Crippen molar-refractivity contribution in [2.75, 3.05) is 18.5 Å². The van der Waals surface area contributed by atoms with Crippen LogP contribution in [0.5, 0.6) is 0 Å². The number of amides is 4. The Balaban J connectivity index is 1.51. The third-order valence-electron chi connectivity index (χ3n) is 4.49. The largest absolute Gasteiger partial charge is 0.368 e. The first kappa shape index (κ1) is 17.4. The number of urea groups is 1. The summed E-state index contributed by atoms with van der Waals surface area (Å²) in [5.74, 6) is -0.446. The molecule has 3 rings (SSSR count). The number of hydrogen-bond donors (Lipinski definition) is 2. The molecule has 1 aromatic carbocycles. The van der Waals surface area contributed by atoms with E-state index in [4.69, 9.17) is 4.74 Å². The number of nitrogens with zero attached hydrogens (tertiary/aromatic N) is 1.